The molecule has 190 valence electrons. The summed E-state index contributed by atoms with van der Waals surface area (Å²) < 4.78 is 5.88. The zero-order valence-corrected chi connectivity index (χ0v) is 22.6. The summed E-state index contributed by atoms with van der Waals surface area (Å²) in [7, 11) is 0. The Labute approximate surface area is 223 Å². The number of nitrogens with one attached hydrogen (secondary N) is 1. The summed E-state index contributed by atoms with van der Waals surface area (Å²) in [6, 6.07) is 19.8. The first-order valence-electron chi connectivity index (χ1n) is 11.9. The number of halogens is 2. The average molecular weight is 527 g/mol. The third-order valence-electron chi connectivity index (χ3n) is 5.60. The SMILES string of the molecule is Cc1cc(C)cc(OCC(=O)N(Cc2ccc(Cl)c(Cl)c2)C(Cc2ccccc2)C(=O)NC(C)C)c1. The van der Waals surface area contributed by atoms with Gasteiger partial charge >= 0.3 is 0 Å². The predicted octanol–water partition coefficient (Wildman–Crippen LogP) is 6.15. The second kappa shape index (κ2) is 12.8. The molecule has 3 aromatic carbocycles. The van der Waals surface area contributed by atoms with E-state index in [9.17, 15) is 9.59 Å². The smallest absolute Gasteiger partial charge is 0.261 e. The number of benzene rings is 3. The Morgan fingerprint density at radius 1 is 0.889 bits per heavy atom. The number of aryl methyl sites for hydroxylation is 2. The summed E-state index contributed by atoms with van der Waals surface area (Å²) >= 11 is 12.4. The molecule has 1 unspecified atom stereocenters. The van der Waals surface area contributed by atoms with Gasteiger partial charge in [-0.3, -0.25) is 9.59 Å². The molecule has 0 radical (unpaired) electrons. The normalized spacial score (nSPS) is 11.8. The van der Waals surface area contributed by atoms with E-state index in [0.717, 1.165) is 22.3 Å². The van der Waals surface area contributed by atoms with Crippen LogP contribution < -0.4 is 10.1 Å². The standard InChI is InChI=1S/C29H32Cl2N2O3/c1-19(2)32-29(35)27(16-22-8-6-5-7-9-22)33(17-23-10-11-25(30)26(31)15-23)28(34)18-36-24-13-20(3)12-21(4)14-24/h5-15,19,27H,16-18H2,1-4H3,(H,32,35). The van der Waals surface area contributed by atoms with Crippen molar-refractivity contribution in [3.05, 3.63) is 99.0 Å². The molecule has 3 aromatic rings. The van der Waals surface area contributed by atoms with E-state index < -0.39 is 6.04 Å². The van der Waals surface area contributed by atoms with Crippen molar-refractivity contribution in [3.63, 3.8) is 0 Å². The van der Waals surface area contributed by atoms with E-state index in [1.165, 1.54) is 0 Å². The molecule has 0 bridgehead atoms. The lowest BCUT2D eigenvalue weighted by atomic mass is 10.0. The van der Waals surface area contributed by atoms with Crippen molar-refractivity contribution in [3.8, 4) is 5.75 Å². The van der Waals surface area contributed by atoms with Gasteiger partial charge in [-0.25, -0.2) is 0 Å². The van der Waals surface area contributed by atoms with Gasteiger partial charge < -0.3 is 15.0 Å². The van der Waals surface area contributed by atoms with Gasteiger partial charge in [0.2, 0.25) is 5.91 Å². The van der Waals surface area contributed by atoms with Gasteiger partial charge in [-0.05, 0) is 74.2 Å². The van der Waals surface area contributed by atoms with Crippen LogP contribution in [0.2, 0.25) is 10.0 Å². The number of amides is 2. The number of hydrogen-bond donors (Lipinski definition) is 1. The third-order valence-corrected chi connectivity index (χ3v) is 6.34. The van der Waals surface area contributed by atoms with E-state index in [0.29, 0.717) is 22.2 Å². The quantitative estimate of drug-likeness (QED) is 0.344. The van der Waals surface area contributed by atoms with E-state index in [-0.39, 0.29) is 31.0 Å². The van der Waals surface area contributed by atoms with Crippen LogP contribution in [0, 0.1) is 13.8 Å². The molecule has 0 aliphatic carbocycles. The van der Waals surface area contributed by atoms with Crippen LogP contribution in [0.3, 0.4) is 0 Å². The number of carbonyl (C=O) groups excluding carboxylic acids is 2. The van der Waals surface area contributed by atoms with Crippen LogP contribution in [-0.2, 0) is 22.6 Å². The highest BCUT2D eigenvalue weighted by molar-refractivity contribution is 6.42. The maximum absolute atomic E-state index is 13.6. The maximum Gasteiger partial charge on any atom is 0.261 e. The molecule has 0 spiro atoms. The number of carbonyl (C=O) groups is 2. The van der Waals surface area contributed by atoms with Gasteiger partial charge in [0.1, 0.15) is 11.8 Å². The van der Waals surface area contributed by atoms with E-state index >= 15 is 0 Å². The molecule has 0 saturated carbocycles. The van der Waals surface area contributed by atoms with E-state index in [4.69, 9.17) is 27.9 Å². The minimum Gasteiger partial charge on any atom is -0.484 e. The van der Waals surface area contributed by atoms with Crippen molar-refractivity contribution in [1.29, 1.82) is 0 Å². The van der Waals surface area contributed by atoms with Crippen molar-refractivity contribution in [2.45, 2.75) is 52.7 Å². The van der Waals surface area contributed by atoms with Crippen LogP contribution in [0.1, 0.15) is 36.1 Å². The van der Waals surface area contributed by atoms with Crippen molar-refractivity contribution >= 4 is 35.0 Å². The summed E-state index contributed by atoms with van der Waals surface area (Å²) in [6.45, 7) is 7.71. The molecule has 36 heavy (non-hydrogen) atoms. The maximum atomic E-state index is 13.6. The molecular formula is C29H32Cl2N2O3. The highest BCUT2D eigenvalue weighted by Crippen LogP contribution is 2.24. The van der Waals surface area contributed by atoms with Crippen molar-refractivity contribution in [1.82, 2.24) is 10.2 Å². The topological polar surface area (TPSA) is 58.6 Å². The lowest BCUT2D eigenvalue weighted by molar-refractivity contribution is -0.143. The fourth-order valence-electron chi connectivity index (χ4n) is 4.01. The van der Waals surface area contributed by atoms with Gasteiger partial charge in [0.05, 0.1) is 10.0 Å². The summed E-state index contributed by atoms with van der Waals surface area (Å²) in [5.74, 6) is 0.0790. The van der Waals surface area contributed by atoms with Gasteiger partial charge in [-0.2, -0.15) is 0 Å². The van der Waals surface area contributed by atoms with Gasteiger partial charge in [-0.1, -0.05) is 65.7 Å². The number of ether oxygens (including phenoxy) is 1. The average Bonchev–Trinajstić information content (AvgIpc) is 2.81. The Bertz CT molecular complexity index is 1180. The number of hydrogen-bond acceptors (Lipinski definition) is 3. The molecule has 0 heterocycles. The molecule has 0 fully saturated rings. The molecule has 3 rings (SSSR count). The largest absolute Gasteiger partial charge is 0.484 e. The van der Waals surface area contributed by atoms with Gasteiger partial charge in [0.15, 0.2) is 6.61 Å². The Morgan fingerprint density at radius 3 is 2.17 bits per heavy atom. The Balaban J connectivity index is 1.94. The second-order valence-electron chi connectivity index (χ2n) is 9.25. The lowest BCUT2D eigenvalue weighted by Gasteiger charge is -2.32. The molecule has 7 heteroatoms. The van der Waals surface area contributed by atoms with E-state index in [1.807, 2.05) is 76.2 Å². The van der Waals surface area contributed by atoms with Crippen molar-refractivity contribution in [2.75, 3.05) is 6.61 Å². The van der Waals surface area contributed by atoms with Crippen LogP contribution in [0.25, 0.3) is 0 Å². The summed E-state index contributed by atoms with van der Waals surface area (Å²) in [4.78, 5) is 28.6. The molecule has 5 nitrogen and oxygen atoms in total. The first kappa shape index (κ1) is 27.6. The summed E-state index contributed by atoms with van der Waals surface area (Å²) in [5, 5.41) is 3.79. The minimum atomic E-state index is -0.750. The molecule has 0 aliphatic heterocycles. The lowest BCUT2D eigenvalue weighted by Crippen LogP contribution is -2.52. The Morgan fingerprint density at radius 2 is 1.56 bits per heavy atom. The van der Waals surface area contributed by atoms with Crippen LogP contribution in [0.15, 0.2) is 66.7 Å². The predicted molar refractivity (Wildman–Crippen MR) is 146 cm³/mol. The molecular weight excluding hydrogens is 495 g/mol. The van der Waals surface area contributed by atoms with Gasteiger partial charge in [0, 0.05) is 19.0 Å². The minimum absolute atomic E-state index is 0.0794. The van der Waals surface area contributed by atoms with Gasteiger partial charge in [-0.15, -0.1) is 0 Å². The molecule has 2 amide bonds. The first-order chi connectivity index (χ1) is 17.1. The Hall–Kier alpha value is -3.02. The van der Waals surface area contributed by atoms with Gasteiger partial charge in [0.25, 0.3) is 5.91 Å². The summed E-state index contributed by atoms with van der Waals surface area (Å²) in [6.07, 6.45) is 0.357. The summed E-state index contributed by atoms with van der Waals surface area (Å²) in [5.41, 5.74) is 3.80. The molecule has 0 aliphatic rings. The zero-order chi connectivity index (χ0) is 26.2. The molecule has 1 atom stereocenters. The van der Waals surface area contributed by atoms with Crippen LogP contribution >= 0.6 is 23.2 Å². The Kier molecular flexibility index (Phi) is 9.80. The van der Waals surface area contributed by atoms with E-state index in [1.54, 1.807) is 23.1 Å². The molecule has 0 aromatic heterocycles. The fourth-order valence-corrected chi connectivity index (χ4v) is 4.33. The number of nitrogens with zero attached hydrogens (tertiary/aromatic N) is 1. The highest BCUT2D eigenvalue weighted by Gasteiger charge is 2.31. The fraction of sp³-hybridized carbons (Fsp3) is 0.310. The second-order valence-corrected chi connectivity index (χ2v) is 10.1. The molecule has 1 N–H and O–H groups in total. The van der Waals surface area contributed by atoms with Crippen LogP contribution in [0.4, 0.5) is 0 Å². The first-order valence-corrected chi connectivity index (χ1v) is 12.7. The number of rotatable bonds is 10. The van der Waals surface area contributed by atoms with E-state index in [2.05, 4.69) is 5.32 Å². The van der Waals surface area contributed by atoms with Crippen molar-refractivity contribution in [2.24, 2.45) is 0 Å². The van der Waals surface area contributed by atoms with Crippen LogP contribution in [-0.4, -0.2) is 35.4 Å². The van der Waals surface area contributed by atoms with Crippen molar-refractivity contribution < 1.29 is 14.3 Å². The highest BCUT2D eigenvalue weighted by atomic mass is 35.5. The molecule has 0 saturated heterocycles. The zero-order valence-electron chi connectivity index (χ0n) is 21.1. The monoisotopic (exact) mass is 526 g/mol. The van der Waals surface area contributed by atoms with Crippen LogP contribution in [0.5, 0.6) is 5.75 Å². The third kappa shape index (κ3) is 8.00.